The van der Waals surface area contributed by atoms with Gasteiger partial charge in [0.05, 0.1) is 11.5 Å². The number of rotatable bonds is 3. The molecule has 6 heteroatoms. The zero-order chi connectivity index (χ0) is 18.1. The zero-order valence-corrected chi connectivity index (χ0v) is 14.1. The Labute approximate surface area is 151 Å². The number of amides is 1. The van der Waals surface area contributed by atoms with Crippen LogP contribution < -0.4 is 9.47 Å². The number of carboxylic acids is 1. The third kappa shape index (κ3) is 2.87. The van der Waals surface area contributed by atoms with Gasteiger partial charge in [0.2, 0.25) is 0 Å². The van der Waals surface area contributed by atoms with Gasteiger partial charge in [0.1, 0.15) is 13.2 Å². The lowest BCUT2D eigenvalue weighted by Crippen LogP contribution is -2.31. The highest BCUT2D eigenvalue weighted by Crippen LogP contribution is 2.37. The summed E-state index contributed by atoms with van der Waals surface area (Å²) in [5.74, 6) is -0.970. The lowest BCUT2D eigenvalue weighted by molar-refractivity contribution is -0.141. The molecule has 0 unspecified atom stereocenters. The van der Waals surface area contributed by atoms with Gasteiger partial charge in [-0.25, -0.2) is 0 Å². The van der Waals surface area contributed by atoms with E-state index in [0.29, 0.717) is 36.8 Å². The lowest BCUT2D eigenvalue weighted by atomic mass is 9.89. The molecule has 6 nitrogen and oxygen atoms in total. The van der Waals surface area contributed by atoms with Crippen molar-refractivity contribution in [3.05, 3.63) is 59.7 Å². The molecule has 26 heavy (non-hydrogen) atoms. The molecule has 0 aliphatic carbocycles. The molecular weight excluding hydrogens is 334 g/mol. The zero-order valence-electron chi connectivity index (χ0n) is 14.1. The Morgan fingerprint density at radius 1 is 0.962 bits per heavy atom. The molecule has 0 bridgehead atoms. The van der Waals surface area contributed by atoms with E-state index in [1.165, 1.54) is 0 Å². The minimum absolute atomic E-state index is 0.179. The fourth-order valence-electron chi connectivity index (χ4n) is 3.67. The number of carboxylic acid groups (broad SMARTS) is 1. The van der Waals surface area contributed by atoms with Gasteiger partial charge < -0.3 is 19.5 Å². The Bertz CT molecular complexity index is 835. The number of ether oxygens (including phenoxy) is 2. The predicted octanol–water partition coefficient (Wildman–Crippen LogP) is 2.40. The first kappa shape index (κ1) is 16.4. The summed E-state index contributed by atoms with van der Waals surface area (Å²) in [4.78, 5) is 26.4. The maximum atomic E-state index is 13.1. The number of hydrogen-bond donors (Lipinski definition) is 1. The molecule has 1 saturated heterocycles. The third-order valence-corrected chi connectivity index (χ3v) is 4.95. The van der Waals surface area contributed by atoms with Crippen molar-refractivity contribution in [3.63, 3.8) is 0 Å². The average Bonchev–Trinajstić information content (AvgIpc) is 3.13. The first-order valence-electron chi connectivity index (χ1n) is 8.61. The monoisotopic (exact) mass is 353 g/mol. The predicted molar refractivity (Wildman–Crippen MR) is 93.6 cm³/mol. The summed E-state index contributed by atoms with van der Waals surface area (Å²) in [6.07, 6.45) is 0. The molecule has 0 spiro atoms. The highest BCUT2D eigenvalue weighted by molar-refractivity contribution is 5.98. The molecule has 2 aromatic rings. The summed E-state index contributed by atoms with van der Waals surface area (Å²) in [5, 5.41) is 9.62. The van der Waals surface area contributed by atoms with E-state index in [2.05, 4.69) is 0 Å². The van der Waals surface area contributed by atoms with E-state index in [9.17, 15) is 14.7 Å². The molecule has 0 aromatic heterocycles. The van der Waals surface area contributed by atoms with Crippen LogP contribution in [0.3, 0.4) is 0 Å². The molecule has 2 aromatic carbocycles. The molecule has 2 aliphatic heterocycles. The van der Waals surface area contributed by atoms with Crippen molar-refractivity contribution in [1.82, 2.24) is 4.90 Å². The van der Waals surface area contributed by atoms with Crippen LogP contribution in [0.15, 0.2) is 48.5 Å². The number of benzene rings is 2. The molecule has 1 amide bonds. The summed E-state index contributed by atoms with van der Waals surface area (Å²) >= 11 is 0. The number of fused-ring (bicyclic) bond motifs is 1. The van der Waals surface area contributed by atoms with Crippen LogP contribution in [0.1, 0.15) is 21.8 Å². The first-order valence-corrected chi connectivity index (χ1v) is 8.61. The molecule has 0 radical (unpaired) electrons. The molecule has 4 rings (SSSR count). The Balaban J connectivity index is 1.63. The molecule has 2 aliphatic rings. The van der Waals surface area contributed by atoms with Crippen LogP contribution in [0.2, 0.25) is 0 Å². The van der Waals surface area contributed by atoms with Gasteiger partial charge in [-0.2, -0.15) is 0 Å². The summed E-state index contributed by atoms with van der Waals surface area (Å²) in [6, 6.07) is 14.7. The quantitative estimate of drug-likeness (QED) is 0.917. The van der Waals surface area contributed by atoms with Crippen LogP contribution in [0.4, 0.5) is 0 Å². The van der Waals surface area contributed by atoms with Crippen LogP contribution in [0.5, 0.6) is 11.5 Å². The number of likely N-dealkylation sites (tertiary alicyclic amines) is 1. The van der Waals surface area contributed by atoms with Crippen LogP contribution in [0.25, 0.3) is 0 Å². The summed E-state index contributed by atoms with van der Waals surface area (Å²) in [6.45, 7) is 1.38. The van der Waals surface area contributed by atoms with Crippen molar-refractivity contribution in [3.8, 4) is 11.5 Å². The Morgan fingerprint density at radius 2 is 1.73 bits per heavy atom. The van der Waals surface area contributed by atoms with E-state index < -0.39 is 11.9 Å². The molecule has 1 fully saturated rings. The number of hydrogen-bond acceptors (Lipinski definition) is 4. The number of nitrogens with zero attached hydrogens (tertiary/aromatic N) is 1. The van der Waals surface area contributed by atoms with Gasteiger partial charge in [-0.15, -0.1) is 0 Å². The van der Waals surface area contributed by atoms with Crippen molar-refractivity contribution < 1.29 is 24.2 Å². The van der Waals surface area contributed by atoms with Gasteiger partial charge in [-0.1, -0.05) is 36.4 Å². The first-order chi connectivity index (χ1) is 12.6. The highest BCUT2D eigenvalue weighted by atomic mass is 16.6. The highest BCUT2D eigenvalue weighted by Gasteiger charge is 2.41. The van der Waals surface area contributed by atoms with E-state index in [1.807, 2.05) is 30.3 Å². The van der Waals surface area contributed by atoms with Gasteiger partial charge in [-0.05, 0) is 17.7 Å². The van der Waals surface area contributed by atoms with E-state index in [0.717, 1.165) is 5.56 Å². The number of para-hydroxylation sites is 1. The summed E-state index contributed by atoms with van der Waals surface area (Å²) in [7, 11) is 0. The van der Waals surface area contributed by atoms with Crippen molar-refractivity contribution >= 4 is 11.9 Å². The van der Waals surface area contributed by atoms with Crippen LogP contribution in [-0.2, 0) is 4.79 Å². The number of carbonyl (C=O) groups excluding carboxylic acids is 1. The van der Waals surface area contributed by atoms with Gasteiger partial charge in [-0.3, -0.25) is 9.59 Å². The second kappa shape index (κ2) is 6.71. The van der Waals surface area contributed by atoms with E-state index in [4.69, 9.17) is 9.47 Å². The van der Waals surface area contributed by atoms with E-state index in [1.54, 1.807) is 23.1 Å². The second-order valence-corrected chi connectivity index (χ2v) is 6.50. The number of carbonyl (C=O) groups is 2. The minimum atomic E-state index is -0.885. The number of aliphatic carboxylic acids is 1. The van der Waals surface area contributed by atoms with E-state index >= 15 is 0 Å². The standard InChI is InChI=1S/C20H19NO5/c22-19(14-7-4-8-17-18(14)26-10-9-25-17)21-11-15(16(12-21)20(23)24)13-5-2-1-3-6-13/h1-8,15-16H,9-12H2,(H,23,24)/t15-,16+/m0/s1. The van der Waals surface area contributed by atoms with Crippen molar-refractivity contribution in [1.29, 1.82) is 0 Å². The molecule has 1 N–H and O–H groups in total. The maximum absolute atomic E-state index is 13.1. The molecule has 2 atom stereocenters. The summed E-state index contributed by atoms with van der Waals surface area (Å²) < 4.78 is 11.2. The van der Waals surface area contributed by atoms with Gasteiger partial charge in [0, 0.05) is 19.0 Å². The fraction of sp³-hybridized carbons (Fsp3) is 0.300. The third-order valence-electron chi connectivity index (χ3n) is 4.95. The van der Waals surface area contributed by atoms with Gasteiger partial charge in [0.15, 0.2) is 11.5 Å². The van der Waals surface area contributed by atoms with Crippen molar-refractivity contribution in [2.45, 2.75) is 5.92 Å². The van der Waals surface area contributed by atoms with Crippen molar-refractivity contribution in [2.24, 2.45) is 5.92 Å². The van der Waals surface area contributed by atoms with Gasteiger partial charge >= 0.3 is 5.97 Å². The fourth-order valence-corrected chi connectivity index (χ4v) is 3.67. The molecule has 2 heterocycles. The van der Waals surface area contributed by atoms with Crippen LogP contribution in [0, 0.1) is 5.92 Å². The Morgan fingerprint density at radius 3 is 2.50 bits per heavy atom. The van der Waals surface area contributed by atoms with E-state index in [-0.39, 0.29) is 18.4 Å². The Hall–Kier alpha value is -3.02. The minimum Gasteiger partial charge on any atom is -0.486 e. The van der Waals surface area contributed by atoms with Crippen LogP contribution in [-0.4, -0.2) is 48.2 Å². The Kier molecular flexibility index (Phi) is 4.24. The molecule has 134 valence electrons. The topological polar surface area (TPSA) is 76.1 Å². The maximum Gasteiger partial charge on any atom is 0.308 e. The van der Waals surface area contributed by atoms with Crippen LogP contribution >= 0.6 is 0 Å². The lowest BCUT2D eigenvalue weighted by Gasteiger charge is -2.23. The molecule has 0 saturated carbocycles. The smallest absolute Gasteiger partial charge is 0.308 e. The largest absolute Gasteiger partial charge is 0.486 e. The van der Waals surface area contributed by atoms with Crippen molar-refractivity contribution in [2.75, 3.05) is 26.3 Å². The van der Waals surface area contributed by atoms with Gasteiger partial charge in [0.25, 0.3) is 5.91 Å². The normalized spacial score (nSPS) is 21.5. The second-order valence-electron chi connectivity index (χ2n) is 6.50. The molecular formula is C20H19NO5. The average molecular weight is 353 g/mol. The SMILES string of the molecule is O=C(O)[C@@H]1CN(C(=O)c2cccc3c2OCCO3)C[C@H]1c1ccccc1. The summed E-state index contributed by atoms with van der Waals surface area (Å²) in [5.41, 5.74) is 1.35.